The van der Waals surface area contributed by atoms with Crippen LogP contribution in [0, 0.1) is 0 Å². The average Bonchev–Trinajstić information content (AvgIpc) is 2.06. The molecule has 0 spiro atoms. The zero-order valence-electron chi connectivity index (χ0n) is 10.2. The molecule has 0 N–H and O–H groups in total. The van der Waals surface area contributed by atoms with Crippen LogP contribution in [0.3, 0.4) is 0 Å². The monoisotopic (exact) mass is 240 g/mol. The summed E-state index contributed by atoms with van der Waals surface area (Å²) in [5, 5.41) is 0.243. The lowest BCUT2D eigenvalue weighted by Crippen LogP contribution is -2.43. The molecule has 0 atom stereocenters. The number of thiol groups is 1. The van der Waals surface area contributed by atoms with E-state index in [0.29, 0.717) is 0 Å². The van der Waals surface area contributed by atoms with Crippen molar-refractivity contribution in [1.29, 1.82) is 0 Å². The Hall–Kier alpha value is -0.413. The maximum absolute atomic E-state index is 6.13. The highest BCUT2D eigenvalue weighted by Gasteiger charge is 2.38. The molecule has 0 saturated carbocycles. The molecule has 0 aliphatic heterocycles. The molecule has 0 unspecified atom stereocenters. The highest BCUT2D eigenvalue weighted by molar-refractivity contribution is 7.80. The second kappa shape index (κ2) is 4.22. The molecule has 0 aliphatic carbocycles. The van der Waals surface area contributed by atoms with Gasteiger partial charge in [-0.05, 0) is 42.4 Å². The van der Waals surface area contributed by atoms with E-state index in [-0.39, 0.29) is 5.04 Å². The van der Waals surface area contributed by atoms with Crippen molar-refractivity contribution in [3.05, 3.63) is 24.3 Å². The summed E-state index contributed by atoms with van der Waals surface area (Å²) in [6.45, 7) is 11.2. The maximum Gasteiger partial charge on any atom is 0.250 e. The van der Waals surface area contributed by atoms with Crippen molar-refractivity contribution in [2.24, 2.45) is 0 Å². The van der Waals surface area contributed by atoms with Crippen molar-refractivity contribution in [1.82, 2.24) is 0 Å². The van der Waals surface area contributed by atoms with Crippen LogP contribution in [0.15, 0.2) is 29.2 Å². The largest absolute Gasteiger partial charge is 0.544 e. The second-order valence-corrected chi connectivity index (χ2v) is 10.6. The molecule has 3 heteroatoms. The summed E-state index contributed by atoms with van der Waals surface area (Å²) in [5.41, 5.74) is 0. The number of hydrogen-bond acceptors (Lipinski definition) is 2. The zero-order chi connectivity index (χ0) is 11.7. The molecular formula is C12H20OSSi. The molecule has 1 nitrogen and oxygen atoms in total. The Kier molecular flexibility index (Phi) is 3.56. The molecule has 1 rings (SSSR count). The van der Waals surface area contributed by atoms with Crippen LogP contribution in [-0.2, 0) is 0 Å². The summed E-state index contributed by atoms with van der Waals surface area (Å²) in [7, 11) is -1.69. The lowest BCUT2D eigenvalue weighted by molar-refractivity contribution is 0.492. The highest BCUT2D eigenvalue weighted by atomic mass is 32.1. The molecule has 15 heavy (non-hydrogen) atoms. The van der Waals surface area contributed by atoms with Crippen LogP contribution in [0.1, 0.15) is 20.8 Å². The van der Waals surface area contributed by atoms with Gasteiger partial charge in [0.25, 0.3) is 0 Å². The van der Waals surface area contributed by atoms with Gasteiger partial charge < -0.3 is 4.43 Å². The van der Waals surface area contributed by atoms with Gasteiger partial charge in [-0.25, -0.2) is 0 Å². The minimum absolute atomic E-state index is 0.243. The molecule has 84 valence electrons. The van der Waals surface area contributed by atoms with Crippen LogP contribution >= 0.6 is 12.6 Å². The fraction of sp³-hybridized carbons (Fsp3) is 0.500. The first-order valence-corrected chi connectivity index (χ1v) is 8.56. The molecular weight excluding hydrogens is 220 g/mol. The molecule has 0 aromatic heterocycles. The highest BCUT2D eigenvalue weighted by Crippen LogP contribution is 2.37. The minimum Gasteiger partial charge on any atom is -0.544 e. The topological polar surface area (TPSA) is 9.23 Å². The van der Waals surface area contributed by atoms with Crippen molar-refractivity contribution >= 4 is 20.9 Å². The fourth-order valence-corrected chi connectivity index (χ4v) is 2.14. The van der Waals surface area contributed by atoms with Gasteiger partial charge in [-0.1, -0.05) is 20.8 Å². The third-order valence-electron chi connectivity index (χ3n) is 3.02. The van der Waals surface area contributed by atoms with E-state index in [0.717, 1.165) is 10.6 Å². The Labute approximate surface area is 99.4 Å². The Morgan fingerprint density at radius 3 is 1.93 bits per heavy atom. The van der Waals surface area contributed by atoms with Crippen molar-refractivity contribution in [2.45, 2.75) is 43.8 Å². The summed E-state index contributed by atoms with van der Waals surface area (Å²) in [4.78, 5) is 0.970. The average molecular weight is 240 g/mol. The van der Waals surface area contributed by atoms with E-state index >= 15 is 0 Å². The normalized spacial score (nSPS) is 12.7. The van der Waals surface area contributed by atoms with Gasteiger partial charge in [0.05, 0.1) is 0 Å². The van der Waals surface area contributed by atoms with E-state index in [2.05, 4.69) is 46.5 Å². The first-order chi connectivity index (χ1) is 6.72. The van der Waals surface area contributed by atoms with Crippen molar-refractivity contribution < 1.29 is 4.43 Å². The number of rotatable bonds is 2. The van der Waals surface area contributed by atoms with E-state index in [1.165, 1.54) is 0 Å². The van der Waals surface area contributed by atoms with Gasteiger partial charge in [-0.15, -0.1) is 12.6 Å². The first-order valence-electron chi connectivity index (χ1n) is 5.20. The van der Waals surface area contributed by atoms with Crippen molar-refractivity contribution in [2.75, 3.05) is 0 Å². The van der Waals surface area contributed by atoms with Gasteiger partial charge in [0.2, 0.25) is 8.32 Å². The molecule has 0 aliphatic rings. The minimum atomic E-state index is -1.69. The molecule has 1 aromatic carbocycles. The maximum atomic E-state index is 6.13. The Morgan fingerprint density at radius 1 is 1.07 bits per heavy atom. The summed E-state index contributed by atoms with van der Waals surface area (Å²) in [5.74, 6) is 0.958. The summed E-state index contributed by atoms with van der Waals surface area (Å²) in [6.07, 6.45) is 0. The van der Waals surface area contributed by atoms with E-state index < -0.39 is 8.32 Å². The van der Waals surface area contributed by atoms with E-state index in [9.17, 15) is 0 Å². The number of benzene rings is 1. The van der Waals surface area contributed by atoms with E-state index in [4.69, 9.17) is 4.43 Å². The van der Waals surface area contributed by atoms with Gasteiger partial charge in [0.1, 0.15) is 5.75 Å². The van der Waals surface area contributed by atoms with Gasteiger partial charge in [0, 0.05) is 4.90 Å². The fourth-order valence-electron chi connectivity index (χ4n) is 0.962. The SMILES string of the molecule is CC(C)(C)[Si](C)(C)Oc1ccc(S)cc1. The number of hydrogen-bond donors (Lipinski definition) is 1. The standard InChI is InChI=1S/C12H20OSSi/c1-12(2,3)15(4,5)13-10-6-8-11(14)9-7-10/h6-9,14H,1-5H3. The lowest BCUT2D eigenvalue weighted by Gasteiger charge is -2.36. The molecule has 0 radical (unpaired) electrons. The Bertz CT molecular complexity index is 324. The van der Waals surface area contributed by atoms with Crippen LogP contribution < -0.4 is 4.43 Å². The van der Waals surface area contributed by atoms with Gasteiger partial charge >= 0.3 is 0 Å². The first kappa shape index (κ1) is 12.7. The zero-order valence-corrected chi connectivity index (χ0v) is 12.1. The van der Waals surface area contributed by atoms with Crippen LogP contribution in [0.25, 0.3) is 0 Å². The molecule has 0 bridgehead atoms. The summed E-state index contributed by atoms with van der Waals surface area (Å²) in [6, 6.07) is 7.91. The van der Waals surface area contributed by atoms with Crippen LogP contribution in [0.2, 0.25) is 18.1 Å². The predicted octanol–water partition coefficient (Wildman–Crippen LogP) is 4.36. The van der Waals surface area contributed by atoms with Gasteiger partial charge in [-0.2, -0.15) is 0 Å². The smallest absolute Gasteiger partial charge is 0.250 e. The summed E-state index contributed by atoms with van der Waals surface area (Å²) >= 11 is 4.26. The van der Waals surface area contributed by atoms with E-state index in [1.807, 2.05) is 24.3 Å². The molecule has 0 heterocycles. The predicted molar refractivity (Wildman–Crippen MR) is 71.5 cm³/mol. The van der Waals surface area contributed by atoms with Crippen molar-refractivity contribution in [3.8, 4) is 5.75 Å². The van der Waals surface area contributed by atoms with Crippen LogP contribution in [-0.4, -0.2) is 8.32 Å². The van der Waals surface area contributed by atoms with Crippen molar-refractivity contribution in [3.63, 3.8) is 0 Å². The third-order valence-corrected chi connectivity index (χ3v) is 7.67. The summed E-state index contributed by atoms with van der Waals surface area (Å²) < 4.78 is 6.13. The second-order valence-electron chi connectivity index (χ2n) is 5.36. The van der Waals surface area contributed by atoms with Crippen LogP contribution in [0.5, 0.6) is 5.75 Å². The molecule has 0 amide bonds. The lowest BCUT2D eigenvalue weighted by atomic mass is 10.2. The molecule has 1 aromatic rings. The molecule has 0 fully saturated rings. The van der Waals surface area contributed by atoms with E-state index in [1.54, 1.807) is 0 Å². The van der Waals surface area contributed by atoms with Crippen LogP contribution in [0.4, 0.5) is 0 Å². The quantitative estimate of drug-likeness (QED) is 0.597. The molecule has 0 saturated heterocycles. The van der Waals surface area contributed by atoms with Gasteiger partial charge in [-0.3, -0.25) is 0 Å². The third kappa shape index (κ3) is 3.28. The van der Waals surface area contributed by atoms with Gasteiger partial charge in [0.15, 0.2) is 0 Å². The Morgan fingerprint density at radius 2 is 1.53 bits per heavy atom. The Balaban J connectivity index is 2.82.